The van der Waals surface area contributed by atoms with Crippen molar-refractivity contribution in [1.82, 2.24) is 14.8 Å². The van der Waals surface area contributed by atoms with Gasteiger partial charge in [-0.1, -0.05) is 38.1 Å². The number of hydrogen-bond donors (Lipinski definition) is 0. The van der Waals surface area contributed by atoms with Crippen LogP contribution in [0.4, 0.5) is 0 Å². The van der Waals surface area contributed by atoms with Crippen molar-refractivity contribution in [3.05, 3.63) is 65.5 Å². The minimum Gasteiger partial charge on any atom is -0.334 e. The van der Waals surface area contributed by atoms with Crippen molar-refractivity contribution >= 4 is 11.8 Å². The van der Waals surface area contributed by atoms with E-state index in [4.69, 9.17) is 0 Å². The van der Waals surface area contributed by atoms with Crippen LogP contribution >= 0.6 is 0 Å². The third-order valence-electron chi connectivity index (χ3n) is 5.92. The van der Waals surface area contributed by atoms with E-state index in [2.05, 4.69) is 4.98 Å². The SMILES string of the molecule is CC(C)[C@H](C(=O)N1CCCC[C@@H]1c1cccnc1)N1Cc2ccccc2C1=O. The molecule has 1 saturated heterocycles. The molecule has 0 aliphatic carbocycles. The average molecular weight is 377 g/mol. The van der Waals surface area contributed by atoms with E-state index >= 15 is 0 Å². The number of likely N-dealkylation sites (tertiary alicyclic amines) is 1. The minimum absolute atomic E-state index is 0.0300. The van der Waals surface area contributed by atoms with Gasteiger partial charge in [0.15, 0.2) is 0 Å². The van der Waals surface area contributed by atoms with Crippen LogP contribution in [0, 0.1) is 5.92 Å². The summed E-state index contributed by atoms with van der Waals surface area (Å²) >= 11 is 0. The zero-order valence-corrected chi connectivity index (χ0v) is 16.5. The second kappa shape index (κ2) is 7.74. The maximum absolute atomic E-state index is 13.7. The minimum atomic E-state index is -0.447. The largest absolute Gasteiger partial charge is 0.334 e. The molecule has 1 fully saturated rings. The fraction of sp³-hybridized carbons (Fsp3) is 0.435. The summed E-state index contributed by atoms with van der Waals surface area (Å²) in [5.74, 6) is 0.0736. The van der Waals surface area contributed by atoms with Gasteiger partial charge in [0.05, 0.1) is 6.04 Å². The molecule has 28 heavy (non-hydrogen) atoms. The summed E-state index contributed by atoms with van der Waals surface area (Å²) in [6.07, 6.45) is 6.66. The van der Waals surface area contributed by atoms with Crippen LogP contribution in [0.25, 0.3) is 0 Å². The number of pyridine rings is 1. The molecular weight excluding hydrogens is 350 g/mol. The van der Waals surface area contributed by atoms with Gasteiger partial charge in [0.25, 0.3) is 5.91 Å². The number of rotatable bonds is 4. The molecule has 2 aliphatic heterocycles. The molecule has 1 aromatic carbocycles. The Morgan fingerprint density at radius 2 is 1.96 bits per heavy atom. The number of carbonyl (C=O) groups excluding carboxylic acids is 2. The highest BCUT2D eigenvalue weighted by Crippen LogP contribution is 2.34. The number of nitrogens with zero attached hydrogens (tertiary/aromatic N) is 3. The quantitative estimate of drug-likeness (QED) is 0.814. The maximum atomic E-state index is 13.7. The van der Waals surface area contributed by atoms with Gasteiger partial charge < -0.3 is 9.80 Å². The molecule has 2 atom stereocenters. The lowest BCUT2D eigenvalue weighted by Gasteiger charge is -2.41. The standard InChI is InChI=1S/C23H27N3O2/c1-16(2)21(26-15-18-8-3-4-10-19(18)22(26)27)23(28)25-13-6-5-11-20(25)17-9-7-12-24-14-17/h3-4,7-10,12,14,16,20-21H,5-6,11,13,15H2,1-2H3/t20-,21-/m1/s1. The number of carbonyl (C=O) groups is 2. The van der Waals surface area contributed by atoms with Crippen LogP contribution in [0.1, 0.15) is 60.6 Å². The van der Waals surface area contributed by atoms with Crippen molar-refractivity contribution in [2.45, 2.75) is 51.7 Å². The average Bonchev–Trinajstić information content (AvgIpc) is 3.05. The molecule has 0 unspecified atom stereocenters. The first kappa shape index (κ1) is 18.7. The number of fused-ring (bicyclic) bond motifs is 1. The van der Waals surface area contributed by atoms with E-state index in [-0.39, 0.29) is 23.8 Å². The number of benzene rings is 1. The van der Waals surface area contributed by atoms with Crippen LogP contribution in [0.3, 0.4) is 0 Å². The van der Waals surface area contributed by atoms with Crippen LogP contribution in [0.5, 0.6) is 0 Å². The first-order chi connectivity index (χ1) is 13.6. The Balaban J connectivity index is 1.63. The lowest BCUT2D eigenvalue weighted by molar-refractivity contribution is -0.141. The van der Waals surface area contributed by atoms with Crippen molar-refractivity contribution in [3.8, 4) is 0 Å². The first-order valence-electron chi connectivity index (χ1n) is 10.2. The number of aromatic nitrogens is 1. The number of hydrogen-bond acceptors (Lipinski definition) is 3. The lowest BCUT2D eigenvalue weighted by Crippen LogP contribution is -2.53. The zero-order chi connectivity index (χ0) is 19.7. The van der Waals surface area contributed by atoms with E-state index in [9.17, 15) is 9.59 Å². The topological polar surface area (TPSA) is 53.5 Å². The van der Waals surface area contributed by atoms with Crippen molar-refractivity contribution < 1.29 is 9.59 Å². The van der Waals surface area contributed by atoms with Gasteiger partial charge in [-0.25, -0.2) is 0 Å². The Morgan fingerprint density at radius 1 is 1.14 bits per heavy atom. The molecule has 0 spiro atoms. The summed E-state index contributed by atoms with van der Waals surface area (Å²) in [6, 6.07) is 11.2. The molecule has 0 radical (unpaired) electrons. The molecule has 2 aliphatic rings. The molecule has 0 saturated carbocycles. The van der Waals surface area contributed by atoms with Gasteiger partial charge in [-0.15, -0.1) is 0 Å². The summed E-state index contributed by atoms with van der Waals surface area (Å²) in [7, 11) is 0. The molecule has 146 valence electrons. The first-order valence-corrected chi connectivity index (χ1v) is 10.2. The Kier molecular flexibility index (Phi) is 5.16. The predicted octanol–water partition coefficient (Wildman–Crippen LogP) is 3.82. The van der Waals surface area contributed by atoms with E-state index in [1.807, 2.05) is 61.3 Å². The van der Waals surface area contributed by atoms with Crippen LogP contribution in [-0.2, 0) is 11.3 Å². The fourth-order valence-corrected chi connectivity index (χ4v) is 4.56. The van der Waals surface area contributed by atoms with E-state index < -0.39 is 6.04 Å². The third-order valence-corrected chi connectivity index (χ3v) is 5.92. The molecule has 0 N–H and O–H groups in total. The molecule has 3 heterocycles. The molecule has 5 heteroatoms. The van der Waals surface area contributed by atoms with E-state index in [0.717, 1.165) is 42.5 Å². The van der Waals surface area contributed by atoms with Crippen molar-refractivity contribution in [2.24, 2.45) is 5.92 Å². The normalized spacial score (nSPS) is 20.4. The highest BCUT2D eigenvalue weighted by atomic mass is 16.2. The van der Waals surface area contributed by atoms with Gasteiger partial charge in [-0.05, 0) is 48.4 Å². The van der Waals surface area contributed by atoms with Gasteiger partial charge >= 0.3 is 0 Å². The molecule has 1 aromatic heterocycles. The molecule has 2 aromatic rings. The Labute approximate surface area is 166 Å². The van der Waals surface area contributed by atoms with E-state index in [1.54, 1.807) is 11.1 Å². The van der Waals surface area contributed by atoms with Gasteiger partial charge in [-0.2, -0.15) is 0 Å². The Hall–Kier alpha value is -2.69. The summed E-state index contributed by atoms with van der Waals surface area (Å²) in [5, 5.41) is 0. The predicted molar refractivity (Wildman–Crippen MR) is 107 cm³/mol. The number of amides is 2. The van der Waals surface area contributed by atoms with Crippen molar-refractivity contribution in [1.29, 1.82) is 0 Å². The summed E-state index contributed by atoms with van der Waals surface area (Å²) < 4.78 is 0. The lowest BCUT2D eigenvalue weighted by atomic mass is 9.93. The second-order valence-corrected chi connectivity index (χ2v) is 8.11. The monoisotopic (exact) mass is 377 g/mol. The summed E-state index contributed by atoms with van der Waals surface area (Å²) in [4.78, 5) is 34.8. The smallest absolute Gasteiger partial charge is 0.255 e. The fourth-order valence-electron chi connectivity index (χ4n) is 4.56. The zero-order valence-electron chi connectivity index (χ0n) is 16.5. The van der Waals surface area contributed by atoms with Crippen LogP contribution in [0.2, 0.25) is 0 Å². The summed E-state index contributed by atoms with van der Waals surface area (Å²) in [5.41, 5.74) is 2.81. The van der Waals surface area contributed by atoms with E-state index in [0.29, 0.717) is 6.54 Å². The molecular formula is C23H27N3O2. The van der Waals surface area contributed by atoms with Crippen LogP contribution < -0.4 is 0 Å². The second-order valence-electron chi connectivity index (χ2n) is 8.11. The number of piperidine rings is 1. The molecule has 0 bridgehead atoms. The highest BCUT2D eigenvalue weighted by molar-refractivity contribution is 6.01. The van der Waals surface area contributed by atoms with Crippen molar-refractivity contribution in [3.63, 3.8) is 0 Å². The molecule has 2 amide bonds. The molecule has 5 nitrogen and oxygen atoms in total. The maximum Gasteiger partial charge on any atom is 0.255 e. The van der Waals surface area contributed by atoms with Gasteiger partial charge in [0.1, 0.15) is 6.04 Å². The van der Waals surface area contributed by atoms with Crippen molar-refractivity contribution in [2.75, 3.05) is 6.54 Å². The van der Waals surface area contributed by atoms with Crippen LogP contribution in [-0.4, -0.2) is 39.2 Å². The summed E-state index contributed by atoms with van der Waals surface area (Å²) in [6.45, 7) is 5.30. The highest BCUT2D eigenvalue weighted by Gasteiger charge is 2.41. The van der Waals surface area contributed by atoms with E-state index in [1.165, 1.54) is 0 Å². The third kappa shape index (κ3) is 3.30. The van der Waals surface area contributed by atoms with Gasteiger partial charge in [0.2, 0.25) is 5.91 Å². The Morgan fingerprint density at radius 3 is 2.68 bits per heavy atom. The molecule has 4 rings (SSSR count). The van der Waals surface area contributed by atoms with Crippen LogP contribution in [0.15, 0.2) is 48.8 Å². The van der Waals surface area contributed by atoms with Gasteiger partial charge in [0, 0.05) is 31.0 Å². The van der Waals surface area contributed by atoms with Gasteiger partial charge in [-0.3, -0.25) is 14.6 Å². The Bertz CT molecular complexity index is 865.